The van der Waals surface area contributed by atoms with Crippen molar-refractivity contribution in [3.8, 4) is 0 Å². The third kappa shape index (κ3) is 4.24. The Morgan fingerprint density at radius 3 is 2.29 bits per heavy atom. The van der Waals surface area contributed by atoms with Gasteiger partial charge in [0, 0.05) is 0 Å². The number of hydrogen-bond donors (Lipinski definition) is 1. The van der Waals surface area contributed by atoms with Crippen molar-refractivity contribution in [1.82, 2.24) is 4.31 Å². The molecule has 1 N–H and O–H groups in total. The molecule has 10 heteroatoms. The fourth-order valence-corrected chi connectivity index (χ4v) is 4.48. The summed E-state index contributed by atoms with van der Waals surface area (Å²) in [6, 6.07) is 10.9. The SMILES string of the molecule is CCOC(=O)C(=Cc1ccc(C(=O)O)cc1)C(=O)CN1C(=O)c2ccccc2S1(=O)=O. The van der Waals surface area contributed by atoms with E-state index in [1.54, 1.807) is 0 Å². The van der Waals surface area contributed by atoms with Crippen LogP contribution in [0.1, 0.15) is 33.2 Å². The van der Waals surface area contributed by atoms with Gasteiger partial charge in [-0.05, 0) is 42.8 Å². The van der Waals surface area contributed by atoms with Crippen molar-refractivity contribution in [3.63, 3.8) is 0 Å². The first-order valence-corrected chi connectivity index (χ1v) is 10.5. The monoisotopic (exact) mass is 443 g/mol. The minimum Gasteiger partial charge on any atom is -0.478 e. The van der Waals surface area contributed by atoms with Gasteiger partial charge in [0.25, 0.3) is 15.9 Å². The number of fused-ring (bicyclic) bond motifs is 1. The molecule has 31 heavy (non-hydrogen) atoms. The molecule has 1 amide bonds. The largest absolute Gasteiger partial charge is 0.478 e. The van der Waals surface area contributed by atoms with Gasteiger partial charge < -0.3 is 9.84 Å². The third-order valence-electron chi connectivity index (χ3n) is 4.46. The first kappa shape index (κ1) is 21.9. The number of carbonyl (C=O) groups excluding carboxylic acids is 3. The Labute approximate surface area is 177 Å². The van der Waals surface area contributed by atoms with Crippen LogP contribution < -0.4 is 0 Å². The summed E-state index contributed by atoms with van der Waals surface area (Å²) in [4.78, 5) is 48.5. The summed E-state index contributed by atoms with van der Waals surface area (Å²) in [5.74, 6) is -3.94. The number of carboxylic acids is 1. The van der Waals surface area contributed by atoms with Crippen molar-refractivity contribution in [1.29, 1.82) is 0 Å². The van der Waals surface area contributed by atoms with Crippen molar-refractivity contribution in [2.45, 2.75) is 11.8 Å². The van der Waals surface area contributed by atoms with Gasteiger partial charge in [-0.15, -0.1) is 0 Å². The van der Waals surface area contributed by atoms with Gasteiger partial charge in [-0.2, -0.15) is 0 Å². The van der Waals surface area contributed by atoms with Crippen LogP contribution >= 0.6 is 0 Å². The van der Waals surface area contributed by atoms with E-state index in [2.05, 4.69) is 0 Å². The Morgan fingerprint density at radius 1 is 1.06 bits per heavy atom. The van der Waals surface area contributed by atoms with Crippen LogP contribution in [-0.2, 0) is 24.3 Å². The Kier molecular flexibility index (Phi) is 6.02. The summed E-state index contributed by atoms with van der Waals surface area (Å²) in [5.41, 5.74) is -0.196. The lowest BCUT2D eigenvalue weighted by Gasteiger charge is -2.15. The number of ketones is 1. The number of benzene rings is 2. The summed E-state index contributed by atoms with van der Waals surface area (Å²) in [7, 11) is -4.23. The van der Waals surface area contributed by atoms with Crippen LogP contribution in [0.3, 0.4) is 0 Å². The summed E-state index contributed by atoms with van der Waals surface area (Å²) in [6.07, 6.45) is 1.16. The van der Waals surface area contributed by atoms with Crippen molar-refractivity contribution in [3.05, 3.63) is 70.8 Å². The van der Waals surface area contributed by atoms with Crippen molar-refractivity contribution in [2.24, 2.45) is 0 Å². The van der Waals surface area contributed by atoms with Gasteiger partial charge in [0.05, 0.1) is 17.7 Å². The van der Waals surface area contributed by atoms with Gasteiger partial charge in [-0.1, -0.05) is 24.3 Å². The highest BCUT2D eigenvalue weighted by molar-refractivity contribution is 7.90. The van der Waals surface area contributed by atoms with E-state index in [1.165, 1.54) is 55.5 Å². The third-order valence-corrected chi connectivity index (χ3v) is 6.25. The number of Topliss-reactive ketones (excluding diaryl/α,β-unsaturated/α-hetero) is 1. The van der Waals surface area contributed by atoms with E-state index in [-0.39, 0.29) is 22.6 Å². The minimum absolute atomic E-state index is 0.00711. The second-order valence-corrected chi connectivity index (χ2v) is 8.27. The number of hydrogen-bond acceptors (Lipinski definition) is 7. The molecular formula is C21H17NO8S. The number of aromatic carboxylic acids is 1. The van der Waals surface area contributed by atoms with Crippen LogP contribution in [0.2, 0.25) is 0 Å². The van der Waals surface area contributed by atoms with E-state index in [0.717, 1.165) is 6.08 Å². The molecule has 1 aliphatic rings. The van der Waals surface area contributed by atoms with Crippen molar-refractivity contribution in [2.75, 3.05) is 13.2 Å². The van der Waals surface area contributed by atoms with E-state index in [4.69, 9.17) is 9.84 Å². The second kappa shape index (κ2) is 8.52. The predicted molar refractivity (Wildman–Crippen MR) is 108 cm³/mol. The topological polar surface area (TPSA) is 135 Å². The standard InChI is InChI=1S/C21H17NO8S/c1-2-30-21(27)16(11-13-7-9-14(10-8-13)20(25)26)17(23)12-22-19(24)15-5-3-4-6-18(15)31(22,28)29/h3-11H,2,12H2,1H3,(H,25,26). The van der Waals surface area contributed by atoms with Crippen LogP contribution in [0.5, 0.6) is 0 Å². The zero-order valence-electron chi connectivity index (χ0n) is 16.3. The fourth-order valence-electron chi connectivity index (χ4n) is 2.95. The smallest absolute Gasteiger partial charge is 0.341 e. The molecule has 0 atom stereocenters. The molecule has 2 aromatic rings. The Morgan fingerprint density at radius 2 is 1.71 bits per heavy atom. The van der Waals surface area contributed by atoms with E-state index in [1.807, 2.05) is 0 Å². The summed E-state index contributed by atoms with van der Waals surface area (Å²) in [6.45, 7) is 0.619. The molecule has 1 heterocycles. The van der Waals surface area contributed by atoms with Gasteiger partial charge in [0.1, 0.15) is 17.0 Å². The van der Waals surface area contributed by atoms with Crippen LogP contribution in [0.4, 0.5) is 0 Å². The van der Waals surface area contributed by atoms with Gasteiger partial charge in [-0.25, -0.2) is 22.3 Å². The molecule has 9 nitrogen and oxygen atoms in total. The van der Waals surface area contributed by atoms with Crippen LogP contribution in [0.15, 0.2) is 59.0 Å². The molecule has 0 radical (unpaired) electrons. The molecular weight excluding hydrogens is 426 g/mol. The average molecular weight is 443 g/mol. The molecule has 160 valence electrons. The zero-order valence-corrected chi connectivity index (χ0v) is 17.1. The van der Waals surface area contributed by atoms with E-state index in [9.17, 15) is 27.6 Å². The fraction of sp³-hybridized carbons (Fsp3) is 0.143. The minimum atomic E-state index is -4.23. The second-order valence-electron chi connectivity index (χ2n) is 6.44. The Hall–Kier alpha value is -3.79. The highest BCUT2D eigenvalue weighted by Crippen LogP contribution is 2.30. The first-order chi connectivity index (χ1) is 14.7. The normalized spacial score (nSPS) is 14.8. The van der Waals surface area contributed by atoms with E-state index < -0.39 is 45.8 Å². The van der Waals surface area contributed by atoms with Gasteiger partial charge in [0.15, 0.2) is 5.78 Å². The predicted octanol–water partition coefficient (Wildman–Crippen LogP) is 1.75. The number of nitrogens with zero attached hydrogens (tertiary/aromatic N) is 1. The number of ether oxygens (including phenoxy) is 1. The number of esters is 1. The van der Waals surface area contributed by atoms with Crippen molar-refractivity contribution < 1.29 is 37.4 Å². The molecule has 0 unspecified atom stereocenters. The Balaban J connectivity index is 1.94. The molecule has 0 bridgehead atoms. The summed E-state index contributed by atoms with van der Waals surface area (Å²) in [5, 5.41) is 8.97. The average Bonchev–Trinajstić information content (AvgIpc) is 2.93. The summed E-state index contributed by atoms with van der Waals surface area (Å²) < 4.78 is 30.6. The molecule has 3 rings (SSSR count). The molecule has 2 aromatic carbocycles. The molecule has 0 saturated heterocycles. The quantitative estimate of drug-likeness (QED) is 0.296. The van der Waals surface area contributed by atoms with Gasteiger partial charge in [0.2, 0.25) is 0 Å². The molecule has 0 aromatic heterocycles. The number of carbonyl (C=O) groups is 4. The van der Waals surface area contributed by atoms with Gasteiger partial charge >= 0.3 is 11.9 Å². The maximum absolute atomic E-state index is 12.9. The maximum atomic E-state index is 12.9. The molecule has 1 aliphatic heterocycles. The lowest BCUT2D eigenvalue weighted by molar-refractivity contribution is -0.139. The lowest BCUT2D eigenvalue weighted by Crippen LogP contribution is -2.36. The van der Waals surface area contributed by atoms with Crippen molar-refractivity contribution >= 4 is 39.7 Å². The molecule has 0 aliphatic carbocycles. The van der Waals surface area contributed by atoms with E-state index in [0.29, 0.717) is 9.87 Å². The highest BCUT2D eigenvalue weighted by atomic mass is 32.2. The summed E-state index contributed by atoms with van der Waals surface area (Å²) >= 11 is 0. The molecule has 0 fully saturated rings. The number of carboxylic acid groups (broad SMARTS) is 1. The first-order valence-electron chi connectivity index (χ1n) is 9.08. The lowest BCUT2D eigenvalue weighted by atomic mass is 10.1. The Bertz CT molecular complexity index is 1210. The number of sulfonamides is 1. The maximum Gasteiger partial charge on any atom is 0.341 e. The molecule has 0 spiro atoms. The van der Waals surface area contributed by atoms with Crippen LogP contribution in [0, 0.1) is 0 Å². The highest BCUT2D eigenvalue weighted by Gasteiger charge is 2.42. The van der Waals surface area contributed by atoms with Crippen LogP contribution in [-0.4, -0.2) is 54.6 Å². The number of amides is 1. The number of rotatable bonds is 7. The van der Waals surface area contributed by atoms with E-state index >= 15 is 0 Å². The molecule has 0 saturated carbocycles. The van der Waals surface area contributed by atoms with Crippen LogP contribution in [0.25, 0.3) is 6.08 Å². The van der Waals surface area contributed by atoms with Gasteiger partial charge in [-0.3, -0.25) is 9.59 Å². The zero-order chi connectivity index (χ0) is 22.8.